The van der Waals surface area contributed by atoms with E-state index >= 15 is 0 Å². The molecule has 0 fully saturated rings. The minimum absolute atomic E-state index is 0.313. The summed E-state index contributed by atoms with van der Waals surface area (Å²) in [5.74, 6) is -0.246. The van der Waals surface area contributed by atoms with Crippen molar-refractivity contribution in [3.05, 3.63) is 59.7 Å². The number of halogens is 1. The summed E-state index contributed by atoms with van der Waals surface area (Å²) < 4.78 is 18.7. The number of hydrogen-bond acceptors (Lipinski definition) is 4. The van der Waals surface area contributed by atoms with Gasteiger partial charge in [0.05, 0.1) is 6.04 Å². The number of ether oxygens (including phenoxy) is 1. The first-order valence-electron chi connectivity index (χ1n) is 7.26. The Labute approximate surface area is 133 Å². The predicted octanol–water partition coefficient (Wildman–Crippen LogP) is 2.22. The normalized spacial score (nSPS) is 21.9. The molecule has 2 aromatic rings. The predicted molar refractivity (Wildman–Crippen MR) is 81.6 cm³/mol. The third kappa shape index (κ3) is 2.90. The first kappa shape index (κ1) is 15.4. The molecule has 120 valence electrons. The molecule has 0 aliphatic carbocycles. The van der Waals surface area contributed by atoms with Gasteiger partial charge in [0.25, 0.3) is 5.91 Å². The maximum atomic E-state index is 13.0. The Bertz CT molecular complexity index is 731. The number of aromatic nitrogens is 1. The van der Waals surface area contributed by atoms with Crippen molar-refractivity contribution in [2.24, 2.45) is 0 Å². The molecular weight excluding hydrogens is 299 g/mol. The van der Waals surface area contributed by atoms with Crippen LogP contribution in [-0.2, 0) is 0 Å². The summed E-state index contributed by atoms with van der Waals surface area (Å²) in [5.41, 5.74) is 0.0536. The summed E-state index contributed by atoms with van der Waals surface area (Å²) in [6.07, 6.45) is 2.19. The fourth-order valence-corrected chi connectivity index (χ4v) is 2.62. The van der Waals surface area contributed by atoms with Crippen LogP contribution in [0.3, 0.4) is 0 Å². The van der Waals surface area contributed by atoms with E-state index < -0.39 is 29.5 Å². The van der Waals surface area contributed by atoms with Crippen LogP contribution in [0.5, 0.6) is 5.75 Å². The number of aliphatic hydroxyl groups is 1. The van der Waals surface area contributed by atoms with E-state index in [4.69, 9.17) is 4.74 Å². The number of fused-ring (bicyclic) bond motifs is 1. The number of carbonyl (C=O) groups excluding carboxylic acids is 1. The van der Waals surface area contributed by atoms with Crippen LogP contribution in [0.2, 0.25) is 0 Å². The molecule has 1 aliphatic rings. The highest BCUT2D eigenvalue weighted by atomic mass is 19.1. The van der Waals surface area contributed by atoms with Gasteiger partial charge in [0.1, 0.15) is 23.3 Å². The number of benzene rings is 1. The minimum Gasteiger partial charge on any atom is -0.485 e. The average Bonchev–Trinajstić information content (AvgIpc) is 2.52. The van der Waals surface area contributed by atoms with Crippen LogP contribution in [0.25, 0.3) is 0 Å². The van der Waals surface area contributed by atoms with Gasteiger partial charge in [-0.1, -0.05) is 0 Å². The number of carbonyl (C=O) groups is 1. The zero-order valence-electron chi connectivity index (χ0n) is 12.8. The third-order valence-electron chi connectivity index (χ3n) is 3.94. The van der Waals surface area contributed by atoms with Crippen LogP contribution in [-0.4, -0.2) is 27.7 Å². The monoisotopic (exact) mass is 316 g/mol. The molecular formula is C17H17FN2O3. The van der Waals surface area contributed by atoms with Crippen LogP contribution in [0.1, 0.15) is 35.8 Å². The van der Waals surface area contributed by atoms with Gasteiger partial charge < -0.3 is 15.2 Å². The van der Waals surface area contributed by atoms with Crippen molar-refractivity contribution in [2.45, 2.75) is 31.6 Å². The maximum Gasteiger partial charge on any atom is 0.251 e. The summed E-state index contributed by atoms with van der Waals surface area (Å²) >= 11 is 0. The zero-order valence-corrected chi connectivity index (χ0v) is 12.8. The molecule has 1 aromatic carbocycles. The topological polar surface area (TPSA) is 71.5 Å². The van der Waals surface area contributed by atoms with Crippen molar-refractivity contribution in [1.29, 1.82) is 0 Å². The largest absolute Gasteiger partial charge is 0.485 e. The Morgan fingerprint density at radius 2 is 2.00 bits per heavy atom. The molecule has 0 saturated carbocycles. The van der Waals surface area contributed by atoms with E-state index in [0.717, 1.165) is 0 Å². The Balaban J connectivity index is 1.91. The summed E-state index contributed by atoms with van der Waals surface area (Å²) in [4.78, 5) is 16.4. The van der Waals surface area contributed by atoms with Crippen molar-refractivity contribution in [3.63, 3.8) is 0 Å². The van der Waals surface area contributed by atoms with E-state index in [0.29, 0.717) is 16.9 Å². The van der Waals surface area contributed by atoms with Crippen molar-refractivity contribution in [3.8, 4) is 5.75 Å². The summed E-state index contributed by atoms with van der Waals surface area (Å²) in [5, 5.41) is 13.3. The van der Waals surface area contributed by atoms with Gasteiger partial charge in [-0.2, -0.15) is 0 Å². The molecule has 5 nitrogen and oxygen atoms in total. The second-order valence-corrected chi connectivity index (χ2v) is 6.02. The summed E-state index contributed by atoms with van der Waals surface area (Å²) in [7, 11) is 0. The number of aliphatic hydroxyl groups excluding tert-OH is 1. The van der Waals surface area contributed by atoms with E-state index in [2.05, 4.69) is 10.3 Å². The fourth-order valence-electron chi connectivity index (χ4n) is 2.62. The number of rotatable bonds is 2. The molecule has 2 N–H and O–H groups in total. The van der Waals surface area contributed by atoms with E-state index in [1.807, 2.05) is 0 Å². The van der Waals surface area contributed by atoms with Gasteiger partial charge in [-0.25, -0.2) is 4.39 Å². The molecule has 1 aromatic heterocycles. The molecule has 1 amide bonds. The Morgan fingerprint density at radius 3 is 2.70 bits per heavy atom. The lowest BCUT2D eigenvalue weighted by Crippen LogP contribution is -2.53. The maximum absolute atomic E-state index is 13.0. The highest BCUT2D eigenvalue weighted by Crippen LogP contribution is 2.39. The Morgan fingerprint density at radius 1 is 1.30 bits per heavy atom. The highest BCUT2D eigenvalue weighted by molar-refractivity contribution is 5.94. The van der Waals surface area contributed by atoms with Crippen LogP contribution in [0, 0.1) is 5.82 Å². The molecule has 0 unspecified atom stereocenters. The molecule has 6 heteroatoms. The molecule has 3 rings (SSSR count). The minimum atomic E-state index is -0.955. The van der Waals surface area contributed by atoms with E-state index in [1.54, 1.807) is 32.3 Å². The van der Waals surface area contributed by atoms with Crippen molar-refractivity contribution < 1.29 is 19.0 Å². The summed E-state index contributed by atoms with van der Waals surface area (Å²) in [6.45, 7) is 3.50. The van der Waals surface area contributed by atoms with Gasteiger partial charge in [-0.3, -0.25) is 9.78 Å². The lowest BCUT2D eigenvalue weighted by Gasteiger charge is -2.42. The summed E-state index contributed by atoms with van der Waals surface area (Å²) in [6, 6.07) is 6.25. The van der Waals surface area contributed by atoms with Gasteiger partial charge >= 0.3 is 0 Å². The molecule has 0 bridgehead atoms. The molecule has 0 spiro atoms. The smallest absolute Gasteiger partial charge is 0.251 e. The Hall–Kier alpha value is -2.47. The molecule has 23 heavy (non-hydrogen) atoms. The second-order valence-electron chi connectivity index (χ2n) is 6.02. The fraction of sp³-hybridized carbons (Fsp3) is 0.294. The SMILES string of the molecule is CC1(C)Oc2ccncc2[C@@H](NC(=O)c2ccc(F)cc2)[C@@H]1O. The van der Waals surface area contributed by atoms with Gasteiger partial charge in [-0.05, 0) is 44.2 Å². The van der Waals surface area contributed by atoms with Crippen molar-refractivity contribution in [1.82, 2.24) is 10.3 Å². The van der Waals surface area contributed by atoms with Gasteiger partial charge in [0.2, 0.25) is 0 Å². The lowest BCUT2D eigenvalue weighted by molar-refractivity contribution is -0.0629. The molecule has 0 saturated heterocycles. The van der Waals surface area contributed by atoms with Crippen molar-refractivity contribution >= 4 is 5.91 Å². The average molecular weight is 316 g/mol. The van der Waals surface area contributed by atoms with Crippen LogP contribution >= 0.6 is 0 Å². The quantitative estimate of drug-likeness (QED) is 0.891. The lowest BCUT2D eigenvalue weighted by atomic mass is 9.87. The highest BCUT2D eigenvalue weighted by Gasteiger charge is 2.43. The van der Waals surface area contributed by atoms with Gasteiger partial charge in [0.15, 0.2) is 0 Å². The molecule has 2 atom stereocenters. The van der Waals surface area contributed by atoms with Crippen LogP contribution in [0.4, 0.5) is 4.39 Å². The van der Waals surface area contributed by atoms with Gasteiger partial charge in [-0.15, -0.1) is 0 Å². The second kappa shape index (κ2) is 5.62. The van der Waals surface area contributed by atoms with E-state index in [-0.39, 0.29) is 0 Å². The molecule has 2 heterocycles. The Kier molecular flexibility index (Phi) is 3.77. The zero-order chi connectivity index (χ0) is 16.6. The standard InChI is InChI=1S/C17H17FN2O3/c1-17(2)15(21)14(12-9-19-8-7-13(12)23-17)20-16(22)10-3-5-11(18)6-4-10/h3-9,14-15,21H,1-2H3,(H,20,22)/t14-,15+/m1/s1. The first-order chi connectivity index (χ1) is 10.9. The van der Waals surface area contributed by atoms with E-state index in [9.17, 15) is 14.3 Å². The number of pyridine rings is 1. The van der Waals surface area contributed by atoms with Gasteiger partial charge in [0, 0.05) is 23.5 Å². The first-order valence-corrected chi connectivity index (χ1v) is 7.26. The third-order valence-corrected chi connectivity index (χ3v) is 3.94. The number of amides is 1. The number of hydrogen-bond donors (Lipinski definition) is 2. The molecule has 0 radical (unpaired) electrons. The van der Waals surface area contributed by atoms with E-state index in [1.165, 1.54) is 24.3 Å². The number of nitrogens with one attached hydrogen (secondary N) is 1. The number of nitrogens with zero attached hydrogens (tertiary/aromatic N) is 1. The molecule has 1 aliphatic heterocycles. The van der Waals surface area contributed by atoms with Crippen LogP contribution < -0.4 is 10.1 Å². The van der Waals surface area contributed by atoms with Crippen molar-refractivity contribution in [2.75, 3.05) is 0 Å². The van der Waals surface area contributed by atoms with Crippen LogP contribution in [0.15, 0.2) is 42.7 Å².